The van der Waals surface area contributed by atoms with Crippen LogP contribution in [-0.2, 0) is 4.74 Å². The summed E-state index contributed by atoms with van der Waals surface area (Å²) < 4.78 is 10.8. The number of carbonyl (C=O) groups excluding carboxylic acids is 2. The zero-order valence-corrected chi connectivity index (χ0v) is 16.4. The van der Waals surface area contributed by atoms with Crippen LogP contribution in [0.3, 0.4) is 0 Å². The molecule has 0 radical (unpaired) electrons. The number of ketones is 1. The third-order valence-electron chi connectivity index (χ3n) is 4.30. The van der Waals surface area contributed by atoms with Crippen molar-refractivity contribution in [1.82, 2.24) is 0 Å². The summed E-state index contributed by atoms with van der Waals surface area (Å²) in [4.78, 5) is 25.3. The molecule has 3 rings (SSSR count). The molecule has 0 aromatic heterocycles. The smallest absolute Gasteiger partial charge is 0.340 e. The van der Waals surface area contributed by atoms with Crippen molar-refractivity contribution in [2.24, 2.45) is 0 Å². The van der Waals surface area contributed by atoms with Gasteiger partial charge in [0, 0.05) is 11.3 Å². The van der Waals surface area contributed by atoms with Gasteiger partial charge in [0.1, 0.15) is 5.75 Å². The fourth-order valence-corrected chi connectivity index (χ4v) is 2.84. The van der Waals surface area contributed by atoms with E-state index in [4.69, 9.17) is 9.47 Å². The van der Waals surface area contributed by atoms with Crippen molar-refractivity contribution in [2.75, 3.05) is 11.9 Å². The monoisotopic (exact) mass is 389 g/mol. The van der Waals surface area contributed by atoms with E-state index in [1.807, 2.05) is 43.3 Å². The summed E-state index contributed by atoms with van der Waals surface area (Å²) in [5.74, 6) is -0.139. The van der Waals surface area contributed by atoms with E-state index in [1.165, 1.54) is 0 Å². The minimum atomic E-state index is -0.912. The van der Waals surface area contributed by atoms with Gasteiger partial charge in [0.05, 0.1) is 17.9 Å². The Labute approximate surface area is 170 Å². The van der Waals surface area contributed by atoms with E-state index < -0.39 is 12.1 Å². The third-order valence-corrected chi connectivity index (χ3v) is 4.30. The lowest BCUT2D eigenvalue weighted by atomic mass is 10.1. The molecule has 0 saturated carbocycles. The Morgan fingerprint density at radius 1 is 0.897 bits per heavy atom. The SMILES string of the molecule is CCOc1ccc(C(=O)[C@H](C)OC(=O)c2ccccc2Nc2ccccc2)cc1. The molecular weight excluding hydrogens is 366 g/mol. The molecule has 0 aliphatic heterocycles. The van der Waals surface area contributed by atoms with E-state index in [0.717, 1.165) is 5.69 Å². The molecule has 0 spiro atoms. The van der Waals surface area contributed by atoms with Crippen LogP contribution in [0.4, 0.5) is 11.4 Å². The predicted molar refractivity (Wildman–Crippen MR) is 113 cm³/mol. The van der Waals surface area contributed by atoms with Crippen LogP contribution >= 0.6 is 0 Å². The number of Topliss-reactive ketones (excluding diaryl/α,β-unsaturated/α-hetero) is 1. The number of ether oxygens (including phenoxy) is 2. The number of nitrogens with one attached hydrogen (secondary N) is 1. The number of para-hydroxylation sites is 2. The third kappa shape index (κ3) is 5.23. The van der Waals surface area contributed by atoms with Gasteiger partial charge in [0.25, 0.3) is 0 Å². The molecule has 29 heavy (non-hydrogen) atoms. The second-order valence-electron chi connectivity index (χ2n) is 6.41. The van der Waals surface area contributed by atoms with Crippen molar-refractivity contribution >= 4 is 23.1 Å². The second-order valence-corrected chi connectivity index (χ2v) is 6.41. The molecule has 0 saturated heterocycles. The second kappa shape index (κ2) is 9.55. The highest BCUT2D eigenvalue weighted by Crippen LogP contribution is 2.22. The molecule has 0 heterocycles. The maximum absolute atomic E-state index is 12.7. The molecule has 5 nitrogen and oxygen atoms in total. The number of carbonyl (C=O) groups is 2. The number of benzene rings is 3. The topological polar surface area (TPSA) is 64.6 Å². The van der Waals surface area contributed by atoms with Gasteiger partial charge in [-0.2, -0.15) is 0 Å². The van der Waals surface area contributed by atoms with E-state index in [1.54, 1.807) is 49.4 Å². The number of hydrogen-bond donors (Lipinski definition) is 1. The van der Waals surface area contributed by atoms with Crippen LogP contribution in [-0.4, -0.2) is 24.5 Å². The van der Waals surface area contributed by atoms with Gasteiger partial charge in [-0.15, -0.1) is 0 Å². The summed E-state index contributed by atoms with van der Waals surface area (Å²) in [6.45, 7) is 4.02. The average molecular weight is 389 g/mol. The van der Waals surface area contributed by atoms with Gasteiger partial charge in [0.15, 0.2) is 6.10 Å². The zero-order valence-electron chi connectivity index (χ0n) is 16.4. The Morgan fingerprint density at radius 3 is 2.24 bits per heavy atom. The Balaban J connectivity index is 1.70. The summed E-state index contributed by atoms with van der Waals surface area (Å²) in [5, 5.41) is 3.21. The first-order chi connectivity index (χ1) is 14.1. The zero-order chi connectivity index (χ0) is 20.6. The molecule has 148 valence electrons. The number of rotatable bonds is 8. The molecule has 0 fully saturated rings. The van der Waals surface area contributed by atoms with Gasteiger partial charge in [-0.05, 0) is 62.4 Å². The van der Waals surface area contributed by atoms with Crippen molar-refractivity contribution in [3.8, 4) is 5.75 Å². The van der Waals surface area contributed by atoms with Gasteiger partial charge in [-0.1, -0.05) is 30.3 Å². The first-order valence-corrected chi connectivity index (χ1v) is 9.47. The molecule has 3 aromatic carbocycles. The maximum Gasteiger partial charge on any atom is 0.340 e. The van der Waals surface area contributed by atoms with E-state index in [0.29, 0.717) is 29.2 Å². The molecule has 0 unspecified atom stereocenters. The normalized spacial score (nSPS) is 11.4. The minimum absolute atomic E-state index is 0.269. The van der Waals surface area contributed by atoms with Crippen LogP contribution in [0, 0.1) is 0 Å². The van der Waals surface area contributed by atoms with Crippen molar-refractivity contribution in [3.63, 3.8) is 0 Å². The summed E-state index contributed by atoms with van der Waals surface area (Å²) in [6, 6.07) is 23.4. The number of anilines is 2. The molecule has 5 heteroatoms. The molecule has 1 atom stereocenters. The van der Waals surface area contributed by atoms with Gasteiger partial charge < -0.3 is 14.8 Å². The first-order valence-electron chi connectivity index (χ1n) is 9.47. The van der Waals surface area contributed by atoms with Crippen LogP contribution in [0.15, 0.2) is 78.9 Å². The maximum atomic E-state index is 12.7. The van der Waals surface area contributed by atoms with Crippen LogP contribution in [0.2, 0.25) is 0 Å². The van der Waals surface area contributed by atoms with E-state index in [2.05, 4.69) is 5.32 Å². The lowest BCUT2D eigenvalue weighted by molar-refractivity contribution is 0.0320. The van der Waals surface area contributed by atoms with Gasteiger partial charge in [-0.3, -0.25) is 4.79 Å². The van der Waals surface area contributed by atoms with Crippen LogP contribution in [0.5, 0.6) is 5.75 Å². The van der Waals surface area contributed by atoms with Crippen molar-refractivity contribution in [3.05, 3.63) is 90.0 Å². The molecular formula is C24H23NO4. The highest BCUT2D eigenvalue weighted by molar-refractivity contribution is 6.02. The van der Waals surface area contributed by atoms with Crippen LogP contribution in [0.25, 0.3) is 0 Å². The summed E-state index contributed by atoms with van der Waals surface area (Å²) in [7, 11) is 0. The lowest BCUT2D eigenvalue weighted by Crippen LogP contribution is -2.24. The van der Waals surface area contributed by atoms with Gasteiger partial charge in [-0.25, -0.2) is 4.79 Å². The largest absolute Gasteiger partial charge is 0.494 e. The summed E-state index contributed by atoms with van der Waals surface area (Å²) >= 11 is 0. The Hall–Kier alpha value is -3.60. The number of hydrogen-bond acceptors (Lipinski definition) is 5. The highest BCUT2D eigenvalue weighted by Gasteiger charge is 2.22. The molecule has 0 aliphatic carbocycles. The Morgan fingerprint density at radius 2 is 1.55 bits per heavy atom. The predicted octanol–water partition coefficient (Wildman–Crippen LogP) is 5.26. The van der Waals surface area contributed by atoms with Gasteiger partial charge >= 0.3 is 5.97 Å². The van der Waals surface area contributed by atoms with Crippen LogP contribution in [0.1, 0.15) is 34.6 Å². The minimum Gasteiger partial charge on any atom is -0.494 e. The van der Waals surface area contributed by atoms with Crippen molar-refractivity contribution in [2.45, 2.75) is 20.0 Å². The van der Waals surface area contributed by atoms with E-state index in [-0.39, 0.29) is 5.78 Å². The quantitative estimate of drug-likeness (QED) is 0.421. The fourth-order valence-electron chi connectivity index (χ4n) is 2.84. The van der Waals surface area contributed by atoms with Gasteiger partial charge in [0.2, 0.25) is 5.78 Å². The summed E-state index contributed by atoms with van der Waals surface area (Å²) in [6.07, 6.45) is -0.912. The summed E-state index contributed by atoms with van der Waals surface area (Å²) in [5.41, 5.74) is 2.29. The van der Waals surface area contributed by atoms with E-state index >= 15 is 0 Å². The first kappa shape index (κ1) is 20.1. The highest BCUT2D eigenvalue weighted by atomic mass is 16.5. The van der Waals surface area contributed by atoms with Crippen molar-refractivity contribution < 1.29 is 19.1 Å². The van der Waals surface area contributed by atoms with Crippen LogP contribution < -0.4 is 10.1 Å². The molecule has 0 bridgehead atoms. The standard InChI is InChI=1S/C24H23NO4/c1-3-28-20-15-13-18(14-16-20)23(26)17(2)29-24(27)21-11-7-8-12-22(21)25-19-9-5-4-6-10-19/h4-17,25H,3H2,1-2H3/t17-/m0/s1. The molecule has 0 amide bonds. The number of esters is 1. The molecule has 1 N–H and O–H groups in total. The Kier molecular flexibility index (Phi) is 6.63. The average Bonchev–Trinajstić information content (AvgIpc) is 2.75. The Bertz CT molecular complexity index is 968. The fraction of sp³-hybridized carbons (Fsp3) is 0.167. The van der Waals surface area contributed by atoms with Crippen molar-refractivity contribution in [1.29, 1.82) is 0 Å². The van der Waals surface area contributed by atoms with E-state index in [9.17, 15) is 9.59 Å². The molecule has 3 aromatic rings. The lowest BCUT2D eigenvalue weighted by Gasteiger charge is -2.15. The molecule has 0 aliphatic rings.